The maximum atomic E-state index is 5.68. The van der Waals surface area contributed by atoms with Gasteiger partial charge in [0.15, 0.2) is 11.5 Å². The number of ether oxygens (including phenoxy) is 2. The molecule has 0 aliphatic carbocycles. The molecule has 3 heteroatoms. The molecule has 112 valence electrons. The number of likely N-dealkylation sites (tertiary alicyclic amines) is 1. The van der Waals surface area contributed by atoms with Crippen molar-refractivity contribution in [1.82, 2.24) is 0 Å². The van der Waals surface area contributed by atoms with E-state index in [1.165, 1.54) is 37.8 Å². The zero-order valence-corrected chi connectivity index (χ0v) is 13.1. The van der Waals surface area contributed by atoms with Gasteiger partial charge in [-0.25, -0.2) is 0 Å². The molecule has 2 atom stereocenters. The maximum absolute atomic E-state index is 5.68. The summed E-state index contributed by atoms with van der Waals surface area (Å²) in [5.74, 6) is 1.70. The summed E-state index contributed by atoms with van der Waals surface area (Å²) >= 11 is 0. The van der Waals surface area contributed by atoms with Gasteiger partial charge in [0.25, 0.3) is 0 Å². The van der Waals surface area contributed by atoms with Crippen molar-refractivity contribution in [2.24, 2.45) is 0 Å². The van der Waals surface area contributed by atoms with Crippen LogP contribution in [0, 0.1) is 0 Å². The second-order valence-corrected chi connectivity index (χ2v) is 5.60. The van der Waals surface area contributed by atoms with Gasteiger partial charge < -0.3 is 14.4 Å². The van der Waals surface area contributed by atoms with Gasteiger partial charge >= 0.3 is 0 Å². The fraction of sp³-hybridized carbons (Fsp3) is 0.647. The molecule has 0 bridgehead atoms. The second kappa shape index (κ2) is 7.53. The molecule has 1 fully saturated rings. The summed E-state index contributed by atoms with van der Waals surface area (Å²) in [6.45, 7) is 7.40. The van der Waals surface area contributed by atoms with E-state index >= 15 is 0 Å². The highest BCUT2D eigenvalue weighted by atomic mass is 16.5. The lowest BCUT2D eigenvalue weighted by molar-refractivity contribution is -0.944. The third-order valence-corrected chi connectivity index (χ3v) is 4.33. The molecule has 1 aromatic carbocycles. The van der Waals surface area contributed by atoms with E-state index in [0.717, 1.165) is 24.1 Å². The smallest absolute Gasteiger partial charge is 0.161 e. The van der Waals surface area contributed by atoms with E-state index in [9.17, 15) is 0 Å². The number of quaternary nitrogens is 1. The van der Waals surface area contributed by atoms with Crippen molar-refractivity contribution in [3.8, 4) is 11.5 Å². The van der Waals surface area contributed by atoms with Crippen molar-refractivity contribution in [3.63, 3.8) is 0 Å². The number of piperidine rings is 1. The first-order valence-electron chi connectivity index (χ1n) is 7.92. The molecule has 2 rings (SSSR count). The molecular formula is C17H28NO2+. The van der Waals surface area contributed by atoms with E-state index in [1.54, 1.807) is 12.0 Å². The summed E-state index contributed by atoms with van der Waals surface area (Å²) < 4.78 is 11.0. The van der Waals surface area contributed by atoms with E-state index < -0.39 is 0 Å². The summed E-state index contributed by atoms with van der Waals surface area (Å²) in [4.78, 5) is 1.73. The van der Waals surface area contributed by atoms with Gasteiger partial charge in [0.05, 0.1) is 26.3 Å². The van der Waals surface area contributed by atoms with E-state index in [4.69, 9.17) is 9.47 Å². The van der Waals surface area contributed by atoms with Crippen LogP contribution in [0.1, 0.15) is 45.1 Å². The lowest BCUT2D eigenvalue weighted by Gasteiger charge is -2.32. The Labute approximate surface area is 122 Å². The molecule has 0 radical (unpaired) electrons. The number of hydrogen-bond donors (Lipinski definition) is 1. The Morgan fingerprint density at radius 1 is 1.20 bits per heavy atom. The first-order valence-corrected chi connectivity index (χ1v) is 7.92. The van der Waals surface area contributed by atoms with Crippen LogP contribution >= 0.6 is 0 Å². The predicted molar refractivity (Wildman–Crippen MR) is 81.6 cm³/mol. The Kier molecular flexibility index (Phi) is 5.72. The Balaban J connectivity index is 2.10. The van der Waals surface area contributed by atoms with Gasteiger partial charge in [-0.05, 0) is 50.8 Å². The monoisotopic (exact) mass is 278 g/mol. The van der Waals surface area contributed by atoms with Crippen LogP contribution < -0.4 is 14.4 Å². The van der Waals surface area contributed by atoms with Crippen molar-refractivity contribution < 1.29 is 14.4 Å². The highest BCUT2D eigenvalue weighted by molar-refractivity contribution is 5.42. The summed E-state index contributed by atoms with van der Waals surface area (Å²) in [5.41, 5.74) is 1.35. The van der Waals surface area contributed by atoms with Crippen LogP contribution in [0.15, 0.2) is 18.2 Å². The topological polar surface area (TPSA) is 22.9 Å². The normalized spacial score (nSPS) is 22.6. The quantitative estimate of drug-likeness (QED) is 0.864. The summed E-state index contributed by atoms with van der Waals surface area (Å²) in [7, 11) is 1.69. The van der Waals surface area contributed by atoms with Gasteiger partial charge in [0.2, 0.25) is 0 Å². The SMILES string of the molecule is CCOc1cc(C[NH+]2CCCC[C@H]2CC)ccc1OC. The highest BCUT2D eigenvalue weighted by Gasteiger charge is 2.24. The molecular weight excluding hydrogens is 250 g/mol. The minimum Gasteiger partial charge on any atom is -0.493 e. The van der Waals surface area contributed by atoms with E-state index in [-0.39, 0.29) is 0 Å². The molecule has 0 spiro atoms. The van der Waals surface area contributed by atoms with Crippen molar-refractivity contribution in [1.29, 1.82) is 0 Å². The molecule has 1 aliphatic rings. The largest absolute Gasteiger partial charge is 0.493 e. The summed E-state index contributed by atoms with van der Waals surface area (Å²) in [5, 5.41) is 0. The van der Waals surface area contributed by atoms with E-state index in [1.807, 2.05) is 13.0 Å². The minimum atomic E-state index is 0.675. The Hall–Kier alpha value is -1.22. The van der Waals surface area contributed by atoms with Crippen molar-refractivity contribution in [2.75, 3.05) is 20.3 Å². The van der Waals surface area contributed by atoms with Crippen LogP contribution in [-0.2, 0) is 6.54 Å². The number of benzene rings is 1. The molecule has 1 aliphatic heterocycles. The fourth-order valence-electron chi connectivity index (χ4n) is 3.24. The van der Waals surface area contributed by atoms with Crippen LogP contribution in [0.4, 0.5) is 0 Å². The standard InChI is InChI=1S/C17H27NO2/c1-4-15-8-6-7-11-18(15)13-14-9-10-16(19-3)17(12-14)20-5-2/h9-10,12,15H,4-8,11,13H2,1-3H3/p+1/t15-/m1/s1. The molecule has 3 nitrogen and oxygen atoms in total. The third-order valence-electron chi connectivity index (χ3n) is 4.33. The average Bonchev–Trinajstić information content (AvgIpc) is 2.48. The fourth-order valence-corrected chi connectivity index (χ4v) is 3.24. The van der Waals surface area contributed by atoms with Gasteiger partial charge in [0.1, 0.15) is 6.54 Å². The summed E-state index contributed by atoms with van der Waals surface area (Å²) in [6, 6.07) is 7.18. The first kappa shape index (κ1) is 15.2. The van der Waals surface area contributed by atoms with Crippen LogP contribution in [-0.4, -0.2) is 26.3 Å². The Morgan fingerprint density at radius 3 is 2.75 bits per heavy atom. The number of rotatable bonds is 6. The molecule has 0 saturated carbocycles. The van der Waals surface area contributed by atoms with Gasteiger partial charge in [-0.2, -0.15) is 0 Å². The number of methoxy groups -OCH3 is 1. The molecule has 1 unspecified atom stereocenters. The maximum Gasteiger partial charge on any atom is 0.161 e. The number of nitrogens with one attached hydrogen (secondary N) is 1. The first-order chi connectivity index (χ1) is 9.78. The highest BCUT2D eigenvalue weighted by Crippen LogP contribution is 2.27. The van der Waals surface area contributed by atoms with Crippen molar-refractivity contribution in [2.45, 2.75) is 52.1 Å². The average molecular weight is 278 g/mol. The van der Waals surface area contributed by atoms with Gasteiger partial charge in [-0.1, -0.05) is 6.92 Å². The van der Waals surface area contributed by atoms with Crippen molar-refractivity contribution in [3.05, 3.63) is 23.8 Å². The van der Waals surface area contributed by atoms with Crippen LogP contribution in [0.2, 0.25) is 0 Å². The Morgan fingerprint density at radius 2 is 2.05 bits per heavy atom. The molecule has 1 saturated heterocycles. The van der Waals surface area contributed by atoms with Crippen LogP contribution in [0.3, 0.4) is 0 Å². The zero-order chi connectivity index (χ0) is 14.4. The molecule has 0 amide bonds. The molecule has 1 aromatic rings. The molecule has 1 N–H and O–H groups in total. The molecule has 1 heterocycles. The predicted octanol–water partition coefficient (Wildman–Crippen LogP) is 2.44. The van der Waals surface area contributed by atoms with Crippen LogP contribution in [0.5, 0.6) is 11.5 Å². The van der Waals surface area contributed by atoms with Gasteiger partial charge in [-0.15, -0.1) is 0 Å². The lowest BCUT2D eigenvalue weighted by atomic mass is 9.99. The second-order valence-electron chi connectivity index (χ2n) is 5.60. The van der Waals surface area contributed by atoms with E-state index in [0.29, 0.717) is 6.61 Å². The molecule has 0 aromatic heterocycles. The van der Waals surface area contributed by atoms with Crippen LogP contribution in [0.25, 0.3) is 0 Å². The summed E-state index contributed by atoms with van der Waals surface area (Å²) in [6.07, 6.45) is 5.42. The third kappa shape index (κ3) is 3.66. The van der Waals surface area contributed by atoms with E-state index in [2.05, 4.69) is 19.1 Å². The van der Waals surface area contributed by atoms with Gasteiger partial charge in [0, 0.05) is 5.56 Å². The van der Waals surface area contributed by atoms with Crippen molar-refractivity contribution >= 4 is 0 Å². The molecule has 20 heavy (non-hydrogen) atoms. The van der Waals surface area contributed by atoms with Gasteiger partial charge in [-0.3, -0.25) is 0 Å². The Bertz CT molecular complexity index is 419. The lowest BCUT2D eigenvalue weighted by Crippen LogP contribution is -3.15. The zero-order valence-electron chi connectivity index (χ0n) is 13.1. The number of hydrogen-bond acceptors (Lipinski definition) is 2. The minimum absolute atomic E-state index is 0.675.